The molecule has 0 radical (unpaired) electrons. The summed E-state index contributed by atoms with van der Waals surface area (Å²) < 4.78 is 1.20. The molecule has 1 unspecified atom stereocenters. The van der Waals surface area contributed by atoms with Crippen LogP contribution in [0.15, 0.2) is 29.9 Å². The molecule has 0 bridgehead atoms. The van der Waals surface area contributed by atoms with E-state index in [0.29, 0.717) is 0 Å². The summed E-state index contributed by atoms with van der Waals surface area (Å²) in [6, 6.07) is 6.48. The Bertz CT molecular complexity index is 670. The van der Waals surface area contributed by atoms with Crippen LogP contribution in [0.3, 0.4) is 0 Å². The molecular weight excluding hydrogens is 244 g/mol. The zero-order valence-corrected chi connectivity index (χ0v) is 11.1. The van der Waals surface area contributed by atoms with Crippen LogP contribution in [0.1, 0.15) is 24.2 Å². The van der Waals surface area contributed by atoms with Crippen molar-refractivity contribution in [2.45, 2.75) is 19.9 Å². The van der Waals surface area contributed by atoms with Gasteiger partial charge in [0, 0.05) is 16.9 Å². The molecule has 0 aliphatic carbocycles. The Kier molecular flexibility index (Phi) is 2.76. The molecule has 0 aliphatic rings. The summed E-state index contributed by atoms with van der Waals surface area (Å²) in [4.78, 5) is 4.28. The number of nitrogens with zero attached hydrogens (tertiary/aromatic N) is 2. The minimum Gasteiger partial charge on any atom is -0.378 e. The largest absolute Gasteiger partial charge is 0.378 e. The minimum absolute atomic E-state index is 0.231. The van der Waals surface area contributed by atoms with E-state index in [1.165, 1.54) is 10.3 Å². The summed E-state index contributed by atoms with van der Waals surface area (Å²) in [6.45, 7) is 4.17. The molecule has 0 spiro atoms. The highest BCUT2D eigenvalue weighted by molar-refractivity contribution is 7.16. The Morgan fingerprint density at radius 2 is 2.28 bits per heavy atom. The lowest BCUT2D eigenvalue weighted by Crippen LogP contribution is -2.06. The summed E-state index contributed by atoms with van der Waals surface area (Å²) in [7, 11) is 0. The van der Waals surface area contributed by atoms with Crippen LogP contribution in [0.5, 0.6) is 0 Å². The maximum absolute atomic E-state index is 4.28. The molecule has 3 rings (SSSR count). The van der Waals surface area contributed by atoms with Crippen LogP contribution in [0.4, 0.5) is 5.69 Å². The predicted octanol–water partition coefficient (Wildman–Crippen LogP) is 3.50. The lowest BCUT2D eigenvalue weighted by molar-refractivity contribution is 0.875. The van der Waals surface area contributed by atoms with E-state index in [0.717, 1.165) is 16.9 Å². The molecule has 0 aliphatic heterocycles. The molecule has 3 aromatic rings. The van der Waals surface area contributed by atoms with Crippen molar-refractivity contribution in [3.05, 3.63) is 41.2 Å². The van der Waals surface area contributed by atoms with Gasteiger partial charge in [0.05, 0.1) is 28.0 Å². The van der Waals surface area contributed by atoms with Crippen LogP contribution in [0, 0.1) is 6.92 Å². The van der Waals surface area contributed by atoms with E-state index in [2.05, 4.69) is 39.6 Å². The van der Waals surface area contributed by atoms with Gasteiger partial charge in [0.15, 0.2) is 0 Å². The zero-order valence-electron chi connectivity index (χ0n) is 10.3. The van der Waals surface area contributed by atoms with Crippen molar-refractivity contribution < 1.29 is 0 Å². The molecule has 0 amide bonds. The number of anilines is 1. The summed E-state index contributed by atoms with van der Waals surface area (Å²) in [5, 5.41) is 10.5. The van der Waals surface area contributed by atoms with Crippen molar-refractivity contribution in [2.24, 2.45) is 0 Å². The van der Waals surface area contributed by atoms with E-state index in [-0.39, 0.29) is 6.04 Å². The van der Waals surface area contributed by atoms with Crippen molar-refractivity contribution >= 4 is 27.2 Å². The van der Waals surface area contributed by atoms with Gasteiger partial charge in [0.25, 0.3) is 0 Å². The fraction of sp³-hybridized carbons (Fsp3) is 0.231. The lowest BCUT2D eigenvalue weighted by atomic mass is 10.1. The molecule has 5 heteroatoms. The summed E-state index contributed by atoms with van der Waals surface area (Å²) in [6.07, 6.45) is 1.87. The molecule has 1 atom stereocenters. The average Bonchev–Trinajstić information content (AvgIpc) is 2.96. The molecule has 0 saturated heterocycles. The molecule has 92 valence electrons. The monoisotopic (exact) mass is 258 g/mol. The molecule has 4 nitrogen and oxygen atoms in total. The highest BCUT2D eigenvalue weighted by Crippen LogP contribution is 2.25. The smallest absolute Gasteiger partial charge is 0.0813 e. The van der Waals surface area contributed by atoms with Crippen LogP contribution >= 0.6 is 11.3 Å². The molecule has 2 heterocycles. The van der Waals surface area contributed by atoms with Crippen molar-refractivity contribution in [2.75, 3.05) is 5.32 Å². The quantitative estimate of drug-likeness (QED) is 0.756. The van der Waals surface area contributed by atoms with Crippen LogP contribution in [0.25, 0.3) is 10.2 Å². The predicted molar refractivity (Wildman–Crippen MR) is 75.0 cm³/mol. The molecule has 2 N–H and O–H groups in total. The van der Waals surface area contributed by atoms with Crippen LogP contribution < -0.4 is 5.32 Å². The summed E-state index contributed by atoms with van der Waals surface area (Å²) in [5.41, 5.74) is 6.34. The average molecular weight is 258 g/mol. The number of rotatable bonds is 3. The Morgan fingerprint density at radius 3 is 3.06 bits per heavy atom. The number of fused-ring (bicyclic) bond motifs is 1. The fourth-order valence-corrected chi connectivity index (χ4v) is 2.79. The van der Waals surface area contributed by atoms with Gasteiger partial charge in [-0.3, -0.25) is 5.10 Å². The molecular formula is C13H14N4S. The van der Waals surface area contributed by atoms with Crippen molar-refractivity contribution in [3.8, 4) is 0 Å². The summed E-state index contributed by atoms with van der Waals surface area (Å²) in [5.74, 6) is 0. The lowest BCUT2D eigenvalue weighted by Gasteiger charge is -2.14. The number of nitrogens with one attached hydrogen (secondary N) is 2. The number of aromatic amines is 1. The normalized spacial score (nSPS) is 12.8. The number of hydrogen-bond donors (Lipinski definition) is 2. The topological polar surface area (TPSA) is 53.6 Å². The van der Waals surface area contributed by atoms with Gasteiger partial charge < -0.3 is 5.32 Å². The van der Waals surface area contributed by atoms with Gasteiger partial charge in [-0.15, -0.1) is 11.3 Å². The van der Waals surface area contributed by atoms with Crippen molar-refractivity contribution in [3.63, 3.8) is 0 Å². The molecule has 0 saturated carbocycles. The van der Waals surface area contributed by atoms with Gasteiger partial charge in [-0.05, 0) is 32.0 Å². The first-order valence-corrected chi connectivity index (χ1v) is 6.71. The van der Waals surface area contributed by atoms with Gasteiger partial charge in [-0.2, -0.15) is 5.10 Å². The minimum atomic E-state index is 0.231. The number of hydrogen-bond acceptors (Lipinski definition) is 4. The van der Waals surface area contributed by atoms with Crippen LogP contribution in [0.2, 0.25) is 0 Å². The highest BCUT2D eigenvalue weighted by atomic mass is 32.1. The first kappa shape index (κ1) is 11.2. The van der Waals surface area contributed by atoms with E-state index >= 15 is 0 Å². The van der Waals surface area contributed by atoms with Crippen molar-refractivity contribution in [1.29, 1.82) is 0 Å². The van der Waals surface area contributed by atoms with Crippen LogP contribution in [-0.4, -0.2) is 15.2 Å². The second-order valence-electron chi connectivity index (χ2n) is 4.35. The second-order valence-corrected chi connectivity index (χ2v) is 5.24. The Hall–Kier alpha value is -1.88. The second kappa shape index (κ2) is 4.42. The van der Waals surface area contributed by atoms with Gasteiger partial charge in [0.2, 0.25) is 0 Å². The van der Waals surface area contributed by atoms with E-state index in [4.69, 9.17) is 0 Å². The zero-order chi connectivity index (χ0) is 12.5. The fourth-order valence-electron chi connectivity index (χ4n) is 2.07. The van der Waals surface area contributed by atoms with E-state index in [1.54, 1.807) is 11.3 Å². The molecule has 1 aromatic carbocycles. The molecule has 2 aromatic heterocycles. The highest BCUT2D eigenvalue weighted by Gasteiger charge is 2.10. The van der Waals surface area contributed by atoms with Gasteiger partial charge in [-0.1, -0.05) is 0 Å². The summed E-state index contributed by atoms with van der Waals surface area (Å²) >= 11 is 1.66. The standard InChI is InChI=1S/C13H14N4S/c1-8(11-6-15-17-9(11)2)16-10-3-4-12-13(5-10)18-7-14-12/h3-8,16H,1-2H3,(H,15,17). The van der Waals surface area contributed by atoms with Crippen LogP contribution in [-0.2, 0) is 0 Å². The third-order valence-electron chi connectivity index (χ3n) is 3.05. The number of aromatic nitrogens is 3. The number of aryl methyl sites for hydroxylation is 1. The third kappa shape index (κ3) is 1.97. The SMILES string of the molecule is Cc1[nH]ncc1C(C)Nc1ccc2ncsc2c1. The van der Waals surface area contributed by atoms with Gasteiger partial charge in [-0.25, -0.2) is 4.98 Å². The number of thiazole rings is 1. The third-order valence-corrected chi connectivity index (χ3v) is 3.84. The van der Waals surface area contributed by atoms with E-state index in [1.807, 2.05) is 24.7 Å². The first-order valence-electron chi connectivity index (χ1n) is 5.83. The Balaban J connectivity index is 1.85. The first-order chi connectivity index (χ1) is 8.74. The maximum atomic E-state index is 4.28. The number of H-pyrrole nitrogens is 1. The Labute approximate surface area is 109 Å². The van der Waals surface area contributed by atoms with Gasteiger partial charge in [0.1, 0.15) is 0 Å². The van der Waals surface area contributed by atoms with Gasteiger partial charge >= 0.3 is 0 Å². The molecule has 0 fully saturated rings. The number of benzene rings is 1. The van der Waals surface area contributed by atoms with E-state index < -0.39 is 0 Å². The van der Waals surface area contributed by atoms with E-state index in [9.17, 15) is 0 Å². The van der Waals surface area contributed by atoms with Crippen molar-refractivity contribution in [1.82, 2.24) is 15.2 Å². The molecule has 18 heavy (non-hydrogen) atoms. The Morgan fingerprint density at radius 1 is 1.39 bits per heavy atom. The maximum Gasteiger partial charge on any atom is 0.0813 e.